The smallest absolute Gasteiger partial charge is 0.132 e. The molecule has 1 atom stereocenters. The normalized spacial score (nSPS) is 12.8. The molecule has 0 spiro atoms. The topological polar surface area (TPSA) is 37.3 Å². The van der Waals surface area contributed by atoms with E-state index in [2.05, 4.69) is 6.92 Å². The highest BCUT2D eigenvalue weighted by molar-refractivity contribution is 5.75. The second kappa shape index (κ2) is 8.24. The van der Waals surface area contributed by atoms with E-state index in [0.717, 1.165) is 12.8 Å². The van der Waals surface area contributed by atoms with Crippen molar-refractivity contribution in [3.63, 3.8) is 0 Å². The molecule has 1 unspecified atom stereocenters. The van der Waals surface area contributed by atoms with Crippen LogP contribution in [-0.2, 0) is 4.79 Å². The fraction of sp³-hybridized carbons (Fsp3) is 0.909. The van der Waals surface area contributed by atoms with Gasteiger partial charge in [-0.25, -0.2) is 0 Å². The van der Waals surface area contributed by atoms with E-state index < -0.39 is 6.10 Å². The average molecular weight is 186 g/mol. The van der Waals surface area contributed by atoms with Crippen LogP contribution < -0.4 is 0 Å². The highest BCUT2D eigenvalue weighted by Crippen LogP contribution is 2.09. The van der Waals surface area contributed by atoms with Crippen LogP contribution in [0.4, 0.5) is 0 Å². The minimum absolute atomic E-state index is 0.0843. The summed E-state index contributed by atoms with van der Waals surface area (Å²) >= 11 is 0. The number of unbranched alkanes of at least 4 members (excludes halogenated alkanes) is 4. The number of hydrogen-bond acceptors (Lipinski definition) is 2. The SMILES string of the molecule is CCCCCCCC(O)CC(C)=O. The van der Waals surface area contributed by atoms with E-state index in [-0.39, 0.29) is 5.78 Å². The number of aliphatic hydroxyl groups is 1. The molecule has 13 heavy (non-hydrogen) atoms. The van der Waals surface area contributed by atoms with Crippen LogP contribution in [0.1, 0.15) is 58.8 Å². The van der Waals surface area contributed by atoms with Crippen LogP contribution >= 0.6 is 0 Å². The number of hydrogen-bond donors (Lipinski definition) is 1. The zero-order valence-electron chi connectivity index (χ0n) is 8.88. The summed E-state index contributed by atoms with van der Waals surface area (Å²) in [6, 6.07) is 0. The van der Waals surface area contributed by atoms with E-state index in [9.17, 15) is 9.90 Å². The van der Waals surface area contributed by atoms with Crippen LogP contribution in [0.5, 0.6) is 0 Å². The van der Waals surface area contributed by atoms with Gasteiger partial charge in [0.15, 0.2) is 0 Å². The zero-order valence-corrected chi connectivity index (χ0v) is 8.88. The Morgan fingerprint density at radius 3 is 2.38 bits per heavy atom. The molecule has 0 aromatic carbocycles. The van der Waals surface area contributed by atoms with Gasteiger partial charge in [0, 0.05) is 6.42 Å². The summed E-state index contributed by atoms with van der Waals surface area (Å²) < 4.78 is 0. The molecule has 0 rings (SSSR count). The van der Waals surface area contributed by atoms with E-state index in [4.69, 9.17) is 0 Å². The summed E-state index contributed by atoms with van der Waals surface area (Å²) in [6.45, 7) is 3.71. The standard InChI is InChI=1S/C11H22O2/c1-3-4-5-6-7-8-11(13)9-10(2)12/h11,13H,3-9H2,1-2H3. The minimum Gasteiger partial charge on any atom is -0.393 e. The van der Waals surface area contributed by atoms with Crippen molar-refractivity contribution in [1.82, 2.24) is 0 Å². The molecule has 0 aromatic rings. The van der Waals surface area contributed by atoms with Crippen LogP contribution in [0.3, 0.4) is 0 Å². The van der Waals surface area contributed by atoms with E-state index >= 15 is 0 Å². The van der Waals surface area contributed by atoms with Crippen molar-refractivity contribution in [1.29, 1.82) is 0 Å². The van der Waals surface area contributed by atoms with Crippen molar-refractivity contribution < 1.29 is 9.90 Å². The molecule has 0 amide bonds. The Morgan fingerprint density at radius 2 is 1.85 bits per heavy atom. The molecule has 0 radical (unpaired) electrons. The molecular weight excluding hydrogens is 164 g/mol. The molecular formula is C11H22O2. The highest BCUT2D eigenvalue weighted by Gasteiger charge is 2.05. The summed E-state index contributed by atoms with van der Waals surface area (Å²) in [5.74, 6) is 0.0843. The molecule has 0 saturated heterocycles. The predicted octanol–water partition coefficient (Wildman–Crippen LogP) is 2.69. The first kappa shape index (κ1) is 12.6. The highest BCUT2D eigenvalue weighted by atomic mass is 16.3. The largest absolute Gasteiger partial charge is 0.393 e. The van der Waals surface area contributed by atoms with Gasteiger partial charge in [0.25, 0.3) is 0 Å². The monoisotopic (exact) mass is 186 g/mol. The summed E-state index contributed by atoms with van der Waals surface area (Å²) in [4.78, 5) is 10.6. The molecule has 2 nitrogen and oxygen atoms in total. The lowest BCUT2D eigenvalue weighted by Gasteiger charge is -2.07. The van der Waals surface area contributed by atoms with Crippen molar-refractivity contribution in [2.24, 2.45) is 0 Å². The summed E-state index contributed by atoms with van der Waals surface area (Å²) in [5.41, 5.74) is 0. The Balaban J connectivity index is 3.17. The molecule has 0 saturated carbocycles. The summed E-state index contributed by atoms with van der Waals surface area (Å²) in [5, 5.41) is 9.36. The Hall–Kier alpha value is -0.370. The first-order valence-electron chi connectivity index (χ1n) is 5.34. The fourth-order valence-corrected chi connectivity index (χ4v) is 1.42. The van der Waals surface area contributed by atoms with Gasteiger partial charge in [0.05, 0.1) is 6.10 Å². The minimum atomic E-state index is -0.404. The quantitative estimate of drug-likeness (QED) is 0.592. The van der Waals surface area contributed by atoms with Crippen LogP contribution in [-0.4, -0.2) is 17.0 Å². The first-order valence-corrected chi connectivity index (χ1v) is 5.34. The molecule has 0 fully saturated rings. The van der Waals surface area contributed by atoms with Gasteiger partial charge in [0.2, 0.25) is 0 Å². The van der Waals surface area contributed by atoms with Gasteiger partial charge >= 0.3 is 0 Å². The Morgan fingerprint density at radius 1 is 1.23 bits per heavy atom. The third kappa shape index (κ3) is 9.54. The molecule has 0 aliphatic carbocycles. The maximum Gasteiger partial charge on any atom is 0.132 e. The van der Waals surface area contributed by atoms with E-state index in [1.165, 1.54) is 32.6 Å². The lowest BCUT2D eigenvalue weighted by Crippen LogP contribution is -2.10. The Kier molecular flexibility index (Phi) is 8.00. The Labute approximate surface area is 81.3 Å². The molecule has 0 aliphatic heterocycles. The van der Waals surface area contributed by atoms with Crippen molar-refractivity contribution in [2.45, 2.75) is 64.9 Å². The van der Waals surface area contributed by atoms with Crippen molar-refractivity contribution in [3.05, 3.63) is 0 Å². The summed E-state index contributed by atoms with van der Waals surface area (Å²) in [7, 11) is 0. The van der Waals surface area contributed by atoms with E-state index in [1.54, 1.807) is 0 Å². The van der Waals surface area contributed by atoms with Gasteiger partial charge in [0.1, 0.15) is 5.78 Å². The molecule has 2 heteroatoms. The number of aliphatic hydroxyl groups excluding tert-OH is 1. The van der Waals surface area contributed by atoms with Crippen LogP contribution in [0.15, 0.2) is 0 Å². The Bertz CT molecular complexity index is 132. The number of Topliss-reactive ketones (excluding diaryl/α,β-unsaturated/α-hetero) is 1. The van der Waals surface area contributed by atoms with E-state index in [0.29, 0.717) is 6.42 Å². The van der Waals surface area contributed by atoms with Crippen LogP contribution in [0, 0.1) is 0 Å². The van der Waals surface area contributed by atoms with E-state index in [1.807, 2.05) is 0 Å². The maximum atomic E-state index is 10.6. The second-order valence-corrected chi connectivity index (χ2v) is 3.76. The molecule has 0 aromatic heterocycles. The molecule has 1 N–H and O–H groups in total. The second-order valence-electron chi connectivity index (χ2n) is 3.76. The molecule has 0 heterocycles. The van der Waals surface area contributed by atoms with Crippen molar-refractivity contribution in [2.75, 3.05) is 0 Å². The van der Waals surface area contributed by atoms with Gasteiger partial charge in [-0.3, -0.25) is 4.79 Å². The number of carbonyl (C=O) groups is 1. The number of rotatable bonds is 8. The maximum absolute atomic E-state index is 10.6. The number of ketones is 1. The van der Waals surface area contributed by atoms with Crippen molar-refractivity contribution >= 4 is 5.78 Å². The lowest BCUT2D eigenvalue weighted by atomic mass is 10.1. The lowest BCUT2D eigenvalue weighted by molar-refractivity contribution is -0.118. The number of carbonyl (C=O) groups excluding carboxylic acids is 1. The third-order valence-electron chi connectivity index (χ3n) is 2.16. The fourth-order valence-electron chi connectivity index (χ4n) is 1.42. The predicted molar refractivity (Wildman–Crippen MR) is 54.7 cm³/mol. The van der Waals surface area contributed by atoms with Gasteiger partial charge in [-0.05, 0) is 13.3 Å². The van der Waals surface area contributed by atoms with Gasteiger partial charge < -0.3 is 5.11 Å². The third-order valence-corrected chi connectivity index (χ3v) is 2.16. The van der Waals surface area contributed by atoms with Gasteiger partial charge in [-0.2, -0.15) is 0 Å². The van der Waals surface area contributed by atoms with Crippen LogP contribution in [0.25, 0.3) is 0 Å². The average Bonchev–Trinajstić information content (AvgIpc) is 2.02. The summed E-state index contributed by atoms with van der Waals surface area (Å²) in [6.07, 6.45) is 6.72. The van der Waals surface area contributed by atoms with Crippen LogP contribution in [0.2, 0.25) is 0 Å². The zero-order chi connectivity index (χ0) is 10.1. The van der Waals surface area contributed by atoms with Crippen molar-refractivity contribution in [3.8, 4) is 0 Å². The molecule has 78 valence electrons. The van der Waals surface area contributed by atoms with Gasteiger partial charge in [-0.1, -0.05) is 39.0 Å². The van der Waals surface area contributed by atoms with Gasteiger partial charge in [-0.15, -0.1) is 0 Å². The first-order chi connectivity index (χ1) is 6.16. The molecule has 0 aliphatic rings. The molecule has 0 bridgehead atoms.